The summed E-state index contributed by atoms with van der Waals surface area (Å²) in [5, 5.41) is 7.23. The van der Waals surface area contributed by atoms with Crippen LogP contribution in [0.4, 0.5) is 0 Å². The van der Waals surface area contributed by atoms with Crippen LogP contribution >= 0.6 is 0 Å². The van der Waals surface area contributed by atoms with Crippen LogP contribution in [0.15, 0.2) is 36.7 Å². The molecular weight excluding hydrogens is 346 g/mol. The first-order valence-corrected chi connectivity index (χ1v) is 9.07. The molecule has 2 aromatic heterocycles. The number of aromatic nitrogens is 3. The fourth-order valence-electron chi connectivity index (χ4n) is 3.42. The molecule has 0 saturated carbocycles. The van der Waals surface area contributed by atoms with Crippen molar-refractivity contribution in [3.8, 4) is 0 Å². The second-order valence-electron chi connectivity index (χ2n) is 6.69. The molecule has 8 heteroatoms. The molecule has 3 heterocycles. The third-order valence-corrected chi connectivity index (χ3v) is 4.94. The molecule has 8 nitrogen and oxygen atoms in total. The van der Waals surface area contributed by atoms with E-state index in [1.807, 2.05) is 19.1 Å². The van der Waals surface area contributed by atoms with E-state index in [0.29, 0.717) is 44.8 Å². The van der Waals surface area contributed by atoms with Gasteiger partial charge < -0.3 is 15.0 Å². The topological polar surface area (TPSA) is 89.4 Å². The van der Waals surface area contributed by atoms with E-state index >= 15 is 0 Å². The van der Waals surface area contributed by atoms with Crippen LogP contribution in [0.25, 0.3) is 0 Å². The number of methoxy groups -OCH3 is 1. The standard InChI is InChI=1S/C19H25N5O3/c1-15-5-3-6-16(22-15)17(25)23-12-7-19(8-13-23,24-11-4-9-21-24)18(26)20-10-14-27-2/h3-6,9,11H,7-8,10,12-14H2,1-2H3,(H,20,26). The maximum Gasteiger partial charge on any atom is 0.272 e. The van der Waals surface area contributed by atoms with Gasteiger partial charge in [-0.1, -0.05) is 6.07 Å². The van der Waals surface area contributed by atoms with Gasteiger partial charge in [-0.3, -0.25) is 14.3 Å². The lowest BCUT2D eigenvalue weighted by molar-refractivity contribution is -0.133. The van der Waals surface area contributed by atoms with Gasteiger partial charge in [0.1, 0.15) is 11.2 Å². The van der Waals surface area contributed by atoms with Crippen molar-refractivity contribution in [3.05, 3.63) is 48.0 Å². The molecule has 0 aliphatic carbocycles. The Balaban J connectivity index is 1.74. The summed E-state index contributed by atoms with van der Waals surface area (Å²) in [5.41, 5.74) is 0.445. The summed E-state index contributed by atoms with van der Waals surface area (Å²) in [5.74, 6) is -0.198. The van der Waals surface area contributed by atoms with Gasteiger partial charge in [0.2, 0.25) is 5.91 Å². The first-order chi connectivity index (χ1) is 13.1. The highest BCUT2D eigenvalue weighted by Gasteiger charge is 2.44. The smallest absolute Gasteiger partial charge is 0.272 e. The van der Waals surface area contributed by atoms with Crippen LogP contribution in [0, 0.1) is 6.92 Å². The van der Waals surface area contributed by atoms with Crippen LogP contribution in [0.5, 0.6) is 0 Å². The maximum absolute atomic E-state index is 12.9. The third kappa shape index (κ3) is 4.00. The molecule has 1 aliphatic heterocycles. The van der Waals surface area contributed by atoms with Gasteiger partial charge in [-0.2, -0.15) is 5.10 Å². The summed E-state index contributed by atoms with van der Waals surface area (Å²) < 4.78 is 6.72. The molecule has 1 aliphatic rings. The van der Waals surface area contributed by atoms with Crippen LogP contribution in [0.3, 0.4) is 0 Å². The van der Waals surface area contributed by atoms with Crippen molar-refractivity contribution in [1.82, 2.24) is 25.0 Å². The highest BCUT2D eigenvalue weighted by atomic mass is 16.5. The number of piperidine rings is 1. The van der Waals surface area contributed by atoms with Crippen molar-refractivity contribution >= 4 is 11.8 Å². The lowest BCUT2D eigenvalue weighted by Crippen LogP contribution is -2.56. The average molecular weight is 371 g/mol. The molecule has 0 aromatic carbocycles. The van der Waals surface area contributed by atoms with Crippen molar-refractivity contribution in [3.63, 3.8) is 0 Å². The van der Waals surface area contributed by atoms with Gasteiger partial charge >= 0.3 is 0 Å². The van der Waals surface area contributed by atoms with Crippen molar-refractivity contribution in [2.75, 3.05) is 33.4 Å². The minimum absolute atomic E-state index is 0.0935. The zero-order chi connectivity index (χ0) is 19.3. The molecule has 144 valence electrons. The van der Waals surface area contributed by atoms with Gasteiger partial charge in [0.05, 0.1) is 6.61 Å². The summed E-state index contributed by atoms with van der Waals surface area (Å²) in [4.78, 5) is 31.8. The molecule has 0 atom stereocenters. The number of pyridine rings is 1. The zero-order valence-corrected chi connectivity index (χ0v) is 15.7. The van der Waals surface area contributed by atoms with E-state index in [0.717, 1.165) is 5.69 Å². The summed E-state index contributed by atoms with van der Waals surface area (Å²) in [6, 6.07) is 7.22. The van der Waals surface area contributed by atoms with E-state index in [-0.39, 0.29) is 11.8 Å². The number of amides is 2. The van der Waals surface area contributed by atoms with Crippen LogP contribution in [-0.2, 0) is 15.1 Å². The highest BCUT2D eigenvalue weighted by Crippen LogP contribution is 2.30. The van der Waals surface area contributed by atoms with E-state index in [4.69, 9.17) is 4.74 Å². The number of rotatable bonds is 6. The fraction of sp³-hybridized carbons (Fsp3) is 0.474. The zero-order valence-electron chi connectivity index (χ0n) is 15.7. The lowest BCUT2D eigenvalue weighted by atomic mass is 9.86. The summed E-state index contributed by atoms with van der Waals surface area (Å²) in [6.07, 6.45) is 4.45. The molecule has 0 unspecified atom stereocenters. The third-order valence-electron chi connectivity index (χ3n) is 4.94. The molecule has 0 spiro atoms. The average Bonchev–Trinajstić information content (AvgIpc) is 3.23. The normalized spacial score (nSPS) is 16.1. The molecule has 3 rings (SSSR count). The van der Waals surface area contributed by atoms with E-state index in [1.54, 1.807) is 41.2 Å². The van der Waals surface area contributed by atoms with Gasteiger partial charge in [0.25, 0.3) is 5.91 Å². The molecule has 2 amide bonds. The van der Waals surface area contributed by atoms with Crippen molar-refractivity contribution in [2.24, 2.45) is 0 Å². The van der Waals surface area contributed by atoms with E-state index in [9.17, 15) is 9.59 Å². The Hall–Kier alpha value is -2.74. The van der Waals surface area contributed by atoms with Crippen LogP contribution in [-0.4, -0.2) is 64.8 Å². The Morgan fingerprint density at radius 2 is 2.04 bits per heavy atom. The van der Waals surface area contributed by atoms with Crippen LogP contribution in [0.2, 0.25) is 0 Å². The molecule has 0 radical (unpaired) electrons. The van der Waals surface area contributed by atoms with Gasteiger partial charge in [0, 0.05) is 44.8 Å². The number of carbonyl (C=O) groups is 2. The minimum atomic E-state index is -0.798. The number of nitrogens with one attached hydrogen (secondary N) is 1. The summed E-state index contributed by atoms with van der Waals surface area (Å²) in [7, 11) is 1.60. The number of likely N-dealkylation sites (tertiary alicyclic amines) is 1. The van der Waals surface area contributed by atoms with Gasteiger partial charge in [-0.05, 0) is 38.0 Å². The Bertz CT molecular complexity index is 782. The number of hydrogen-bond acceptors (Lipinski definition) is 5. The molecule has 2 aromatic rings. The highest BCUT2D eigenvalue weighted by molar-refractivity contribution is 5.93. The predicted octanol–water partition coefficient (Wildman–Crippen LogP) is 0.981. The number of hydrogen-bond donors (Lipinski definition) is 1. The molecule has 1 fully saturated rings. The first kappa shape index (κ1) is 19.0. The number of nitrogens with zero attached hydrogens (tertiary/aromatic N) is 4. The molecule has 1 saturated heterocycles. The SMILES string of the molecule is COCCNC(=O)C1(n2cccn2)CCN(C(=O)c2cccc(C)n2)CC1. The summed E-state index contributed by atoms with van der Waals surface area (Å²) in [6.45, 7) is 3.68. The van der Waals surface area contributed by atoms with Crippen molar-refractivity contribution in [2.45, 2.75) is 25.3 Å². The van der Waals surface area contributed by atoms with Gasteiger partial charge in [-0.25, -0.2) is 4.98 Å². The van der Waals surface area contributed by atoms with Gasteiger partial charge in [-0.15, -0.1) is 0 Å². The Labute approximate surface area is 158 Å². The van der Waals surface area contributed by atoms with Gasteiger partial charge in [0.15, 0.2) is 0 Å². The van der Waals surface area contributed by atoms with Crippen molar-refractivity contribution in [1.29, 1.82) is 0 Å². The van der Waals surface area contributed by atoms with E-state index < -0.39 is 5.54 Å². The lowest BCUT2D eigenvalue weighted by Gasteiger charge is -2.40. The number of carbonyl (C=O) groups excluding carboxylic acids is 2. The molecule has 1 N–H and O–H groups in total. The second-order valence-corrected chi connectivity index (χ2v) is 6.69. The number of aryl methyl sites for hydroxylation is 1. The van der Waals surface area contributed by atoms with E-state index in [2.05, 4.69) is 15.4 Å². The minimum Gasteiger partial charge on any atom is -0.383 e. The van der Waals surface area contributed by atoms with Crippen LogP contribution in [0.1, 0.15) is 29.0 Å². The first-order valence-electron chi connectivity index (χ1n) is 9.07. The van der Waals surface area contributed by atoms with Crippen molar-refractivity contribution < 1.29 is 14.3 Å². The summed E-state index contributed by atoms with van der Waals surface area (Å²) >= 11 is 0. The Morgan fingerprint density at radius 3 is 2.67 bits per heavy atom. The molecule has 0 bridgehead atoms. The van der Waals surface area contributed by atoms with Crippen LogP contribution < -0.4 is 5.32 Å². The Morgan fingerprint density at radius 1 is 1.26 bits per heavy atom. The number of ether oxygens (including phenoxy) is 1. The monoisotopic (exact) mass is 371 g/mol. The fourth-order valence-corrected chi connectivity index (χ4v) is 3.42. The second kappa shape index (κ2) is 8.30. The Kier molecular flexibility index (Phi) is 5.85. The molecular formula is C19H25N5O3. The predicted molar refractivity (Wildman–Crippen MR) is 99.2 cm³/mol. The molecule has 27 heavy (non-hydrogen) atoms. The quantitative estimate of drug-likeness (QED) is 0.765. The van der Waals surface area contributed by atoms with E-state index in [1.165, 1.54) is 0 Å². The largest absolute Gasteiger partial charge is 0.383 e. The maximum atomic E-state index is 12.9.